The monoisotopic (exact) mass is 151 g/mol. The summed E-state index contributed by atoms with van der Waals surface area (Å²) in [7, 11) is 1.64. The zero-order valence-corrected chi connectivity index (χ0v) is 6.10. The molecule has 0 spiro atoms. The van der Waals surface area contributed by atoms with Gasteiger partial charge in [-0.2, -0.15) is 0 Å². The Labute approximate surface area is 59.5 Å². The van der Waals surface area contributed by atoms with Crippen molar-refractivity contribution in [1.82, 2.24) is 4.90 Å². The number of amides is 1. The average Bonchev–Trinajstić information content (AvgIpc) is 1.89. The Balaban J connectivity index is 2.96. The van der Waals surface area contributed by atoms with E-state index in [1.165, 1.54) is 4.90 Å². The zero-order valence-electron chi connectivity index (χ0n) is 5.34. The minimum absolute atomic E-state index is 0.316. The lowest BCUT2D eigenvalue weighted by Crippen LogP contribution is -2.20. The van der Waals surface area contributed by atoms with Gasteiger partial charge in [-0.25, -0.2) is 0 Å². The molecule has 0 atom stereocenters. The summed E-state index contributed by atoms with van der Waals surface area (Å²) in [6.07, 6.45) is 0.703. The summed E-state index contributed by atoms with van der Waals surface area (Å²) in [5, 5.41) is 0. The van der Waals surface area contributed by atoms with Gasteiger partial charge in [0.2, 0.25) is 6.41 Å². The van der Waals surface area contributed by atoms with Crippen molar-refractivity contribution >= 4 is 18.0 Å². The van der Waals surface area contributed by atoms with Gasteiger partial charge >= 0.3 is 0 Å². The average molecular weight is 152 g/mol. The van der Waals surface area contributed by atoms with E-state index in [0.717, 1.165) is 0 Å². The van der Waals surface area contributed by atoms with E-state index in [2.05, 4.69) is 0 Å². The Hall–Kier alpha value is -0.280. The fourth-order valence-electron chi connectivity index (χ4n) is 0.294. The number of hydrogen-bond donors (Lipinski definition) is 0. The molecule has 0 N–H and O–H groups in total. The molecule has 0 fully saturated rings. The summed E-state index contributed by atoms with van der Waals surface area (Å²) < 4.78 is 4.90. The highest BCUT2D eigenvalue weighted by atomic mass is 35.5. The van der Waals surface area contributed by atoms with E-state index in [1.54, 1.807) is 7.05 Å². The number of ether oxygens (including phenoxy) is 1. The summed E-state index contributed by atoms with van der Waals surface area (Å²) in [6.45, 7) is 0.802. The second-order valence-electron chi connectivity index (χ2n) is 1.59. The molecule has 0 aromatic carbocycles. The number of carbonyl (C=O) groups is 1. The van der Waals surface area contributed by atoms with E-state index in [4.69, 9.17) is 16.3 Å². The van der Waals surface area contributed by atoms with Crippen molar-refractivity contribution in [2.45, 2.75) is 0 Å². The first-order valence-corrected chi connectivity index (χ1v) is 3.14. The molecule has 4 heteroatoms. The standard InChI is InChI=1S/C5H10ClNO2/c1-7(4-8)5-9-3-2-6/h4H,2-3,5H2,1H3. The second kappa shape index (κ2) is 5.85. The smallest absolute Gasteiger partial charge is 0.211 e. The molecule has 0 aliphatic heterocycles. The minimum atomic E-state index is 0.316. The summed E-state index contributed by atoms with van der Waals surface area (Å²) in [6, 6.07) is 0. The normalized spacial score (nSPS) is 9.11. The Morgan fingerprint density at radius 3 is 2.89 bits per heavy atom. The Morgan fingerprint density at radius 2 is 2.44 bits per heavy atom. The molecule has 0 bridgehead atoms. The third-order valence-electron chi connectivity index (χ3n) is 0.696. The third-order valence-corrected chi connectivity index (χ3v) is 0.851. The molecule has 9 heavy (non-hydrogen) atoms. The van der Waals surface area contributed by atoms with Crippen LogP contribution in [0.15, 0.2) is 0 Å². The number of nitrogens with zero attached hydrogens (tertiary/aromatic N) is 1. The topological polar surface area (TPSA) is 29.5 Å². The van der Waals surface area contributed by atoms with Gasteiger partial charge in [0.1, 0.15) is 6.73 Å². The SMILES string of the molecule is CN(C=O)COCCCl. The van der Waals surface area contributed by atoms with E-state index < -0.39 is 0 Å². The molecule has 0 aromatic rings. The lowest BCUT2D eigenvalue weighted by atomic mass is 10.8. The maximum absolute atomic E-state index is 9.91. The van der Waals surface area contributed by atoms with Gasteiger partial charge in [-0.15, -0.1) is 11.6 Å². The van der Waals surface area contributed by atoms with Crippen LogP contribution in [-0.4, -0.2) is 37.6 Å². The predicted octanol–water partition coefficient (Wildman–Crippen LogP) is 0.287. The van der Waals surface area contributed by atoms with E-state index in [1.807, 2.05) is 0 Å². The number of alkyl halides is 1. The van der Waals surface area contributed by atoms with Gasteiger partial charge in [0.15, 0.2) is 0 Å². The first-order chi connectivity index (χ1) is 4.31. The highest BCUT2D eigenvalue weighted by Gasteiger charge is 1.89. The van der Waals surface area contributed by atoms with Crippen LogP contribution >= 0.6 is 11.6 Å². The summed E-state index contributed by atoms with van der Waals surface area (Å²) in [5.74, 6) is 0.465. The molecule has 0 heterocycles. The van der Waals surface area contributed by atoms with Crippen LogP contribution in [0.1, 0.15) is 0 Å². The highest BCUT2D eigenvalue weighted by molar-refractivity contribution is 6.17. The Morgan fingerprint density at radius 1 is 1.78 bits per heavy atom. The molecule has 1 amide bonds. The van der Waals surface area contributed by atoms with Gasteiger partial charge in [-0.05, 0) is 0 Å². The van der Waals surface area contributed by atoms with Crippen molar-refractivity contribution in [2.24, 2.45) is 0 Å². The molecule has 0 aromatic heterocycles. The van der Waals surface area contributed by atoms with Gasteiger partial charge in [-0.3, -0.25) is 4.79 Å². The van der Waals surface area contributed by atoms with Crippen LogP contribution in [0, 0.1) is 0 Å². The summed E-state index contributed by atoms with van der Waals surface area (Å²) in [5.41, 5.74) is 0. The predicted molar refractivity (Wildman–Crippen MR) is 35.4 cm³/mol. The highest BCUT2D eigenvalue weighted by Crippen LogP contribution is 1.80. The molecule has 0 rings (SSSR count). The lowest BCUT2D eigenvalue weighted by molar-refractivity contribution is -0.121. The van der Waals surface area contributed by atoms with Gasteiger partial charge < -0.3 is 9.64 Å². The number of carbonyl (C=O) groups excluding carboxylic acids is 1. The maximum atomic E-state index is 9.91. The molecule has 0 unspecified atom stereocenters. The molecule has 3 nitrogen and oxygen atoms in total. The molecule has 0 aliphatic carbocycles. The fourth-order valence-corrected chi connectivity index (χ4v) is 0.403. The van der Waals surface area contributed by atoms with Crippen molar-refractivity contribution in [3.8, 4) is 0 Å². The lowest BCUT2D eigenvalue weighted by Gasteiger charge is -2.08. The van der Waals surface area contributed by atoms with Crippen LogP contribution in [0.4, 0.5) is 0 Å². The van der Waals surface area contributed by atoms with E-state index in [0.29, 0.717) is 25.6 Å². The van der Waals surface area contributed by atoms with Gasteiger partial charge in [0, 0.05) is 12.9 Å². The number of hydrogen-bond acceptors (Lipinski definition) is 2. The fraction of sp³-hybridized carbons (Fsp3) is 0.800. The summed E-state index contributed by atoms with van der Waals surface area (Å²) >= 11 is 5.30. The van der Waals surface area contributed by atoms with Crippen molar-refractivity contribution < 1.29 is 9.53 Å². The first kappa shape index (κ1) is 8.72. The van der Waals surface area contributed by atoms with Crippen LogP contribution in [0.3, 0.4) is 0 Å². The van der Waals surface area contributed by atoms with E-state index in [-0.39, 0.29) is 0 Å². The van der Waals surface area contributed by atoms with Crippen molar-refractivity contribution in [3.63, 3.8) is 0 Å². The van der Waals surface area contributed by atoms with Crippen LogP contribution in [-0.2, 0) is 9.53 Å². The molecule has 54 valence electrons. The number of halogens is 1. The Bertz CT molecular complexity index is 79.4. The third kappa shape index (κ3) is 5.59. The molecule has 0 saturated heterocycles. The molecule has 0 radical (unpaired) electrons. The van der Waals surface area contributed by atoms with E-state index in [9.17, 15) is 4.79 Å². The van der Waals surface area contributed by atoms with Crippen molar-refractivity contribution in [1.29, 1.82) is 0 Å². The van der Waals surface area contributed by atoms with Crippen LogP contribution in [0.2, 0.25) is 0 Å². The largest absolute Gasteiger partial charge is 0.360 e. The van der Waals surface area contributed by atoms with E-state index >= 15 is 0 Å². The molecule has 0 aliphatic rings. The first-order valence-electron chi connectivity index (χ1n) is 2.60. The maximum Gasteiger partial charge on any atom is 0.211 e. The zero-order chi connectivity index (χ0) is 7.11. The van der Waals surface area contributed by atoms with Crippen LogP contribution < -0.4 is 0 Å². The van der Waals surface area contributed by atoms with Crippen LogP contribution in [0.5, 0.6) is 0 Å². The van der Waals surface area contributed by atoms with Crippen molar-refractivity contribution in [2.75, 3.05) is 26.3 Å². The molecular weight excluding hydrogens is 142 g/mol. The quantitative estimate of drug-likeness (QED) is 0.245. The van der Waals surface area contributed by atoms with Gasteiger partial charge in [-0.1, -0.05) is 0 Å². The van der Waals surface area contributed by atoms with Crippen molar-refractivity contribution in [3.05, 3.63) is 0 Å². The van der Waals surface area contributed by atoms with Crippen LogP contribution in [0.25, 0.3) is 0 Å². The second-order valence-corrected chi connectivity index (χ2v) is 1.97. The number of rotatable bonds is 5. The van der Waals surface area contributed by atoms with Gasteiger partial charge in [0.25, 0.3) is 0 Å². The Kier molecular flexibility index (Phi) is 5.67. The van der Waals surface area contributed by atoms with Gasteiger partial charge in [0.05, 0.1) is 6.61 Å². The summed E-state index contributed by atoms with van der Waals surface area (Å²) in [4.78, 5) is 11.3. The molecular formula is C5H10ClNO2. The minimum Gasteiger partial charge on any atom is -0.360 e. The molecule has 0 saturated carbocycles.